The van der Waals surface area contributed by atoms with Crippen LogP contribution >= 0.6 is 15.9 Å². The standard InChI is InChI=1S/C14H22BrNO2/c1-10(5-4-8-17)16-11(2)12-6-7-14(18-3)13(15)9-12/h6-7,9-11,16-17H,4-5,8H2,1-3H3. The summed E-state index contributed by atoms with van der Waals surface area (Å²) in [7, 11) is 1.67. The predicted octanol–water partition coefficient (Wildman–Crippen LogP) is 3.27. The molecule has 0 saturated carbocycles. The fraction of sp³-hybridized carbons (Fsp3) is 0.571. The fourth-order valence-corrected chi connectivity index (χ4v) is 2.51. The molecule has 0 heterocycles. The molecule has 1 aromatic rings. The predicted molar refractivity (Wildman–Crippen MR) is 78.0 cm³/mol. The third kappa shape index (κ3) is 4.59. The number of aliphatic hydroxyl groups excluding tert-OH is 1. The highest BCUT2D eigenvalue weighted by Crippen LogP contribution is 2.28. The summed E-state index contributed by atoms with van der Waals surface area (Å²) in [5.41, 5.74) is 1.22. The van der Waals surface area contributed by atoms with Crippen LogP contribution in [-0.4, -0.2) is 24.9 Å². The van der Waals surface area contributed by atoms with Gasteiger partial charge in [0.2, 0.25) is 0 Å². The molecule has 0 saturated heterocycles. The number of ether oxygens (including phenoxy) is 1. The highest BCUT2D eigenvalue weighted by molar-refractivity contribution is 9.10. The van der Waals surface area contributed by atoms with Crippen molar-refractivity contribution >= 4 is 15.9 Å². The Bertz CT molecular complexity index is 371. The molecule has 102 valence electrons. The minimum Gasteiger partial charge on any atom is -0.496 e. The molecule has 0 radical (unpaired) electrons. The second kappa shape index (κ2) is 7.77. The van der Waals surface area contributed by atoms with E-state index in [0.29, 0.717) is 6.04 Å². The van der Waals surface area contributed by atoms with Gasteiger partial charge >= 0.3 is 0 Å². The zero-order chi connectivity index (χ0) is 13.5. The van der Waals surface area contributed by atoms with Gasteiger partial charge in [0.1, 0.15) is 5.75 Å². The van der Waals surface area contributed by atoms with Gasteiger partial charge in [-0.2, -0.15) is 0 Å². The van der Waals surface area contributed by atoms with Gasteiger partial charge in [0, 0.05) is 18.7 Å². The van der Waals surface area contributed by atoms with E-state index < -0.39 is 0 Å². The van der Waals surface area contributed by atoms with Crippen LogP contribution in [0.2, 0.25) is 0 Å². The van der Waals surface area contributed by atoms with Crippen molar-refractivity contribution in [3.63, 3.8) is 0 Å². The average Bonchev–Trinajstić information content (AvgIpc) is 2.36. The van der Waals surface area contributed by atoms with E-state index in [1.165, 1.54) is 5.56 Å². The zero-order valence-electron chi connectivity index (χ0n) is 11.2. The van der Waals surface area contributed by atoms with Crippen LogP contribution < -0.4 is 10.1 Å². The number of aliphatic hydroxyl groups is 1. The van der Waals surface area contributed by atoms with Gasteiger partial charge in [-0.05, 0) is 60.3 Å². The molecule has 2 N–H and O–H groups in total. The van der Waals surface area contributed by atoms with Gasteiger partial charge in [-0.25, -0.2) is 0 Å². The van der Waals surface area contributed by atoms with Crippen molar-refractivity contribution in [3.8, 4) is 5.75 Å². The van der Waals surface area contributed by atoms with E-state index in [0.717, 1.165) is 23.1 Å². The number of methoxy groups -OCH3 is 1. The molecule has 0 bridgehead atoms. The normalized spacial score (nSPS) is 14.3. The number of benzene rings is 1. The van der Waals surface area contributed by atoms with Gasteiger partial charge in [0.15, 0.2) is 0 Å². The Morgan fingerprint density at radius 2 is 2.11 bits per heavy atom. The summed E-state index contributed by atoms with van der Waals surface area (Å²) in [5.74, 6) is 0.847. The minimum absolute atomic E-state index is 0.258. The molecule has 0 aliphatic rings. The third-order valence-corrected chi connectivity index (χ3v) is 3.63. The molecule has 0 aliphatic heterocycles. The molecular formula is C14H22BrNO2. The molecule has 2 unspecified atom stereocenters. The van der Waals surface area contributed by atoms with E-state index in [1.807, 2.05) is 6.07 Å². The highest BCUT2D eigenvalue weighted by Gasteiger charge is 2.11. The van der Waals surface area contributed by atoms with Crippen molar-refractivity contribution in [2.45, 2.75) is 38.8 Å². The molecular weight excluding hydrogens is 294 g/mol. The van der Waals surface area contributed by atoms with Crippen LogP contribution in [0.15, 0.2) is 22.7 Å². The summed E-state index contributed by atoms with van der Waals surface area (Å²) in [6.07, 6.45) is 1.82. The van der Waals surface area contributed by atoms with Crippen molar-refractivity contribution in [1.82, 2.24) is 5.32 Å². The summed E-state index contributed by atoms with van der Waals surface area (Å²) in [6, 6.07) is 6.79. The van der Waals surface area contributed by atoms with Gasteiger partial charge in [-0.1, -0.05) is 6.07 Å². The van der Waals surface area contributed by atoms with Crippen LogP contribution in [-0.2, 0) is 0 Å². The summed E-state index contributed by atoms with van der Waals surface area (Å²) < 4.78 is 6.19. The quantitative estimate of drug-likeness (QED) is 0.811. The SMILES string of the molecule is COc1ccc(C(C)NC(C)CCCO)cc1Br. The number of halogens is 1. The first-order chi connectivity index (χ1) is 8.58. The Kier molecular flexibility index (Phi) is 6.68. The van der Waals surface area contributed by atoms with Crippen LogP contribution in [0.1, 0.15) is 38.3 Å². The lowest BCUT2D eigenvalue weighted by Crippen LogP contribution is -2.29. The molecule has 0 aliphatic carbocycles. The molecule has 0 amide bonds. The van der Waals surface area contributed by atoms with Crippen molar-refractivity contribution in [3.05, 3.63) is 28.2 Å². The fourth-order valence-electron chi connectivity index (χ4n) is 1.96. The largest absolute Gasteiger partial charge is 0.496 e. The van der Waals surface area contributed by atoms with E-state index in [-0.39, 0.29) is 12.6 Å². The Hall–Kier alpha value is -0.580. The first-order valence-corrected chi connectivity index (χ1v) is 7.08. The number of hydrogen-bond acceptors (Lipinski definition) is 3. The summed E-state index contributed by atoms with van der Waals surface area (Å²) in [5, 5.41) is 12.3. The van der Waals surface area contributed by atoms with Crippen LogP contribution in [0.4, 0.5) is 0 Å². The average molecular weight is 316 g/mol. The molecule has 1 aromatic carbocycles. The Morgan fingerprint density at radius 1 is 1.39 bits per heavy atom. The van der Waals surface area contributed by atoms with Gasteiger partial charge in [-0.3, -0.25) is 0 Å². The number of hydrogen-bond donors (Lipinski definition) is 2. The smallest absolute Gasteiger partial charge is 0.133 e. The first kappa shape index (κ1) is 15.5. The van der Waals surface area contributed by atoms with Crippen molar-refractivity contribution in [1.29, 1.82) is 0 Å². The van der Waals surface area contributed by atoms with Crippen LogP contribution in [0, 0.1) is 0 Å². The second-order valence-corrected chi connectivity index (χ2v) is 5.40. The molecule has 0 fully saturated rings. The molecule has 2 atom stereocenters. The number of rotatable bonds is 7. The van der Waals surface area contributed by atoms with Crippen molar-refractivity contribution in [2.24, 2.45) is 0 Å². The monoisotopic (exact) mass is 315 g/mol. The third-order valence-electron chi connectivity index (χ3n) is 3.01. The van der Waals surface area contributed by atoms with Crippen molar-refractivity contribution in [2.75, 3.05) is 13.7 Å². The van der Waals surface area contributed by atoms with Gasteiger partial charge in [0.25, 0.3) is 0 Å². The number of nitrogens with one attached hydrogen (secondary N) is 1. The summed E-state index contributed by atoms with van der Waals surface area (Å²) >= 11 is 3.50. The van der Waals surface area contributed by atoms with Crippen LogP contribution in [0.5, 0.6) is 5.75 Å². The maximum atomic E-state index is 8.81. The van der Waals surface area contributed by atoms with E-state index in [9.17, 15) is 0 Å². The Morgan fingerprint density at radius 3 is 2.67 bits per heavy atom. The summed E-state index contributed by atoms with van der Waals surface area (Å²) in [4.78, 5) is 0. The minimum atomic E-state index is 0.258. The van der Waals surface area contributed by atoms with E-state index >= 15 is 0 Å². The van der Waals surface area contributed by atoms with E-state index in [2.05, 4.69) is 47.2 Å². The van der Waals surface area contributed by atoms with Crippen LogP contribution in [0.3, 0.4) is 0 Å². The highest BCUT2D eigenvalue weighted by atomic mass is 79.9. The Labute approximate surface area is 118 Å². The zero-order valence-corrected chi connectivity index (χ0v) is 12.8. The Balaban J connectivity index is 2.61. The molecule has 3 nitrogen and oxygen atoms in total. The van der Waals surface area contributed by atoms with Gasteiger partial charge in [-0.15, -0.1) is 0 Å². The summed E-state index contributed by atoms with van der Waals surface area (Å²) in [6.45, 7) is 4.54. The van der Waals surface area contributed by atoms with E-state index in [1.54, 1.807) is 7.11 Å². The van der Waals surface area contributed by atoms with Crippen LogP contribution in [0.25, 0.3) is 0 Å². The lowest BCUT2D eigenvalue weighted by atomic mass is 10.1. The molecule has 1 rings (SSSR count). The molecule has 18 heavy (non-hydrogen) atoms. The second-order valence-electron chi connectivity index (χ2n) is 4.55. The maximum absolute atomic E-state index is 8.81. The van der Waals surface area contributed by atoms with Gasteiger partial charge in [0.05, 0.1) is 11.6 Å². The molecule has 4 heteroatoms. The molecule has 0 aromatic heterocycles. The van der Waals surface area contributed by atoms with Gasteiger partial charge < -0.3 is 15.2 Å². The lowest BCUT2D eigenvalue weighted by molar-refractivity contribution is 0.274. The van der Waals surface area contributed by atoms with Crippen molar-refractivity contribution < 1.29 is 9.84 Å². The lowest BCUT2D eigenvalue weighted by Gasteiger charge is -2.20. The maximum Gasteiger partial charge on any atom is 0.133 e. The molecule has 0 spiro atoms. The van der Waals surface area contributed by atoms with E-state index in [4.69, 9.17) is 9.84 Å². The first-order valence-electron chi connectivity index (χ1n) is 6.28. The topological polar surface area (TPSA) is 41.5 Å².